The summed E-state index contributed by atoms with van der Waals surface area (Å²) in [5.41, 5.74) is 0.873. The van der Waals surface area contributed by atoms with Crippen molar-refractivity contribution in [2.45, 2.75) is 105 Å². The number of nitrogens with one attached hydrogen (secondary N) is 2. The molecule has 24 heavy (non-hydrogen) atoms. The minimum absolute atomic E-state index is 0.437. The van der Waals surface area contributed by atoms with E-state index < -0.39 is 0 Å². The molecular weight excluding hydrogens is 292 g/mol. The van der Waals surface area contributed by atoms with Gasteiger partial charge in [0.15, 0.2) is 0 Å². The number of hydrogen-bond donors (Lipinski definition) is 2. The van der Waals surface area contributed by atoms with E-state index in [4.69, 9.17) is 0 Å². The second kappa shape index (κ2) is 8.54. The molecular formula is C22H44N2. The molecule has 2 saturated carbocycles. The molecule has 0 saturated heterocycles. The van der Waals surface area contributed by atoms with E-state index in [-0.39, 0.29) is 0 Å². The van der Waals surface area contributed by atoms with Gasteiger partial charge in [0.2, 0.25) is 0 Å². The minimum Gasteiger partial charge on any atom is -0.312 e. The van der Waals surface area contributed by atoms with Gasteiger partial charge in [0.25, 0.3) is 0 Å². The first kappa shape index (κ1) is 20.2. The van der Waals surface area contributed by atoms with Crippen LogP contribution in [0, 0.1) is 22.7 Å². The topological polar surface area (TPSA) is 24.1 Å². The zero-order valence-corrected chi connectivity index (χ0v) is 17.4. The summed E-state index contributed by atoms with van der Waals surface area (Å²) in [4.78, 5) is 0. The molecule has 0 bridgehead atoms. The lowest BCUT2D eigenvalue weighted by atomic mass is 9.69. The van der Waals surface area contributed by atoms with Gasteiger partial charge in [-0.1, -0.05) is 67.2 Å². The Balaban J connectivity index is 1.77. The van der Waals surface area contributed by atoms with E-state index >= 15 is 0 Å². The van der Waals surface area contributed by atoms with Crippen molar-refractivity contribution in [1.82, 2.24) is 10.6 Å². The monoisotopic (exact) mass is 336 g/mol. The van der Waals surface area contributed by atoms with Crippen LogP contribution in [0.4, 0.5) is 0 Å². The van der Waals surface area contributed by atoms with Crippen molar-refractivity contribution in [3.8, 4) is 0 Å². The second-order valence-electron chi connectivity index (χ2n) is 10.6. The molecule has 0 aliphatic heterocycles. The van der Waals surface area contributed by atoms with Crippen LogP contribution < -0.4 is 10.6 Å². The average Bonchev–Trinajstić information content (AvgIpc) is 2.50. The van der Waals surface area contributed by atoms with Crippen molar-refractivity contribution in [1.29, 1.82) is 0 Å². The van der Waals surface area contributed by atoms with Crippen molar-refractivity contribution in [3.05, 3.63) is 0 Å². The first-order valence-electron chi connectivity index (χ1n) is 10.7. The van der Waals surface area contributed by atoms with Crippen LogP contribution in [0.2, 0.25) is 0 Å². The Hall–Kier alpha value is -0.0800. The molecule has 4 unspecified atom stereocenters. The Morgan fingerprint density at radius 2 is 0.917 bits per heavy atom. The predicted octanol–water partition coefficient (Wildman–Crippen LogP) is 5.38. The zero-order valence-electron chi connectivity index (χ0n) is 17.4. The van der Waals surface area contributed by atoms with Crippen molar-refractivity contribution in [2.24, 2.45) is 22.7 Å². The van der Waals surface area contributed by atoms with E-state index in [1.165, 1.54) is 51.4 Å². The SMILES string of the molecule is CC(C)(C)C1CCCCC1NCCNC1CCCCC1C(C)(C)C. The highest BCUT2D eigenvalue weighted by molar-refractivity contribution is 4.90. The molecule has 0 aromatic rings. The van der Waals surface area contributed by atoms with Gasteiger partial charge in [0, 0.05) is 25.2 Å². The third-order valence-corrected chi connectivity index (χ3v) is 6.69. The van der Waals surface area contributed by atoms with Crippen LogP contribution in [0.5, 0.6) is 0 Å². The van der Waals surface area contributed by atoms with Crippen LogP contribution in [-0.4, -0.2) is 25.2 Å². The minimum atomic E-state index is 0.437. The summed E-state index contributed by atoms with van der Waals surface area (Å²) in [5.74, 6) is 1.67. The lowest BCUT2D eigenvalue weighted by molar-refractivity contribution is 0.122. The average molecular weight is 337 g/mol. The lowest BCUT2D eigenvalue weighted by Crippen LogP contribution is -2.49. The highest BCUT2D eigenvalue weighted by Crippen LogP contribution is 2.39. The largest absolute Gasteiger partial charge is 0.312 e. The van der Waals surface area contributed by atoms with Gasteiger partial charge >= 0.3 is 0 Å². The maximum atomic E-state index is 3.91. The van der Waals surface area contributed by atoms with E-state index in [1.807, 2.05) is 0 Å². The van der Waals surface area contributed by atoms with Crippen molar-refractivity contribution in [2.75, 3.05) is 13.1 Å². The van der Waals surface area contributed by atoms with Gasteiger partial charge in [0.05, 0.1) is 0 Å². The van der Waals surface area contributed by atoms with Gasteiger partial charge in [-0.2, -0.15) is 0 Å². The van der Waals surface area contributed by atoms with E-state index in [0.717, 1.165) is 37.0 Å². The molecule has 0 radical (unpaired) electrons. The normalized spacial score (nSPS) is 32.8. The summed E-state index contributed by atoms with van der Waals surface area (Å²) in [5, 5.41) is 7.82. The van der Waals surface area contributed by atoms with Crippen LogP contribution in [0.25, 0.3) is 0 Å². The first-order chi connectivity index (χ1) is 11.2. The van der Waals surface area contributed by atoms with Crippen LogP contribution in [0.3, 0.4) is 0 Å². The van der Waals surface area contributed by atoms with Crippen LogP contribution in [-0.2, 0) is 0 Å². The van der Waals surface area contributed by atoms with Gasteiger partial charge in [0.1, 0.15) is 0 Å². The third-order valence-electron chi connectivity index (χ3n) is 6.69. The summed E-state index contributed by atoms with van der Waals surface area (Å²) < 4.78 is 0. The third kappa shape index (κ3) is 5.73. The lowest BCUT2D eigenvalue weighted by Gasteiger charge is -2.42. The summed E-state index contributed by atoms with van der Waals surface area (Å²) in [6.07, 6.45) is 11.2. The fourth-order valence-corrected chi connectivity index (χ4v) is 5.34. The van der Waals surface area contributed by atoms with Crippen LogP contribution in [0.1, 0.15) is 92.9 Å². The number of hydrogen-bond acceptors (Lipinski definition) is 2. The summed E-state index contributed by atoms with van der Waals surface area (Å²) in [6, 6.07) is 1.45. The smallest absolute Gasteiger partial charge is 0.0101 e. The molecule has 0 spiro atoms. The second-order valence-corrected chi connectivity index (χ2v) is 10.6. The maximum absolute atomic E-state index is 3.91. The van der Waals surface area contributed by atoms with Crippen LogP contribution >= 0.6 is 0 Å². The van der Waals surface area contributed by atoms with Gasteiger partial charge in [-0.25, -0.2) is 0 Å². The highest BCUT2D eigenvalue weighted by atomic mass is 15.0. The molecule has 2 aliphatic rings. The Morgan fingerprint density at radius 3 is 1.25 bits per heavy atom. The molecule has 0 aromatic heterocycles. The highest BCUT2D eigenvalue weighted by Gasteiger charge is 2.35. The molecule has 2 N–H and O–H groups in total. The summed E-state index contributed by atoms with van der Waals surface area (Å²) in [6.45, 7) is 16.8. The van der Waals surface area contributed by atoms with E-state index in [0.29, 0.717) is 10.8 Å². The van der Waals surface area contributed by atoms with Crippen molar-refractivity contribution >= 4 is 0 Å². The Kier molecular flexibility index (Phi) is 7.20. The molecule has 0 amide bonds. The predicted molar refractivity (Wildman–Crippen MR) is 106 cm³/mol. The van der Waals surface area contributed by atoms with Gasteiger partial charge in [-0.15, -0.1) is 0 Å². The van der Waals surface area contributed by atoms with E-state index in [2.05, 4.69) is 52.2 Å². The standard InChI is InChI=1S/C22H44N2/c1-21(2,3)17-11-7-9-13-19(17)23-15-16-24-20-14-10-8-12-18(20)22(4,5)6/h17-20,23-24H,7-16H2,1-6H3. The Labute approximate surface area is 151 Å². The molecule has 4 atom stereocenters. The number of rotatable bonds is 5. The molecule has 2 nitrogen and oxygen atoms in total. The van der Waals surface area contributed by atoms with Crippen molar-refractivity contribution in [3.63, 3.8) is 0 Å². The fraction of sp³-hybridized carbons (Fsp3) is 1.00. The summed E-state index contributed by atoms with van der Waals surface area (Å²) >= 11 is 0. The molecule has 142 valence electrons. The molecule has 2 fully saturated rings. The molecule has 0 heterocycles. The van der Waals surface area contributed by atoms with Gasteiger partial charge in [-0.3, -0.25) is 0 Å². The maximum Gasteiger partial charge on any atom is 0.0101 e. The summed E-state index contributed by atoms with van der Waals surface area (Å²) in [7, 11) is 0. The zero-order chi connectivity index (χ0) is 17.8. The molecule has 2 rings (SSSR count). The Bertz CT molecular complexity index is 327. The van der Waals surface area contributed by atoms with Gasteiger partial charge in [-0.05, 0) is 48.3 Å². The van der Waals surface area contributed by atoms with Crippen molar-refractivity contribution < 1.29 is 0 Å². The fourth-order valence-electron chi connectivity index (χ4n) is 5.34. The van der Waals surface area contributed by atoms with E-state index in [1.54, 1.807) is 0 Å². The molecule has 2 heteroatoms. The molecule has 0 aromatic carbocycles. The van der Waals surface area contributed by atoms with E-state index in [9.17, 15) is 0 Å². The molecule has 2 aliphatic carbocycles. The van der Waals surface area contributed by atoms with Crippen LogP contribution in [0.15, 0.2) is 0 Å². The van der Waals surface area contributed by atoms with Gasteiger partial charge < -0.3 is 10.6 Å². The Morgan fingerprint density at radius 1 is 0.583 bits per heavy atom. The first-order valence-corrected chi connectivity index (χ1v) is 10.7. The quantitative estimate of drug-likeness (QED) is 0.659.